The van der Waals surface area contributed by atoms with Gasteiger partial charge in [-0.25, -0.2) is 0 Å². The number of rotatable bonds is 3. The Labute approximate surface area is 102 Å². The summed E-state index contributed by atoms with van der Waals surface area (Å²) in [7, 11) is 0. The topological polar surface area (TPSA) is 115 Å². The average Bonchev–Trinajstić information content (AvgIpc) is 2.49. The number of hydrogen-bond donors (Lipinski definition) is 4. The molecule has 1 unspecified atom stereocenters. The molecule has 0 amide bonds. The summed E-state index contributed by atoms with van der Waals surface area (Å²) >= 11 is 0. The number of fused-ring (bicyclic) bond motifs is 1. The van der Waals surface area contributed by atoms with Gasteiger partial charge in [0.05, 0.1) is 0 Å². The molecular weight excluding hydrogens is 240 g/mol. The van der Waals surface area contributed by atoms with Gasteiger partial charge < -0.3 is 20.4 Å². The molecule has 1 aromatic rings. The maximum atomic E-state index is 11.6. The van der Waals surface area contributed by atoms with Crippen molar-refractivity contribution in [2.24, 2.45) is 0 Å². The first-order valence-corrected chi connectivity index (χ1v) is 5.36. The highest BCUT2D eigenvalue weighted by Crippen LogP contribution is 2.37. The Bertz CT molecular complexity index is 519. The predicted molar refractivity (Wildman–Crippen MR) is 58.9 cm³/mol. The fourth-order valence-electron chi connectivity index (χ4n) is 1.98. The third-order valence-electron chi connectivity index (χ3n) is 3.00. The number of aliphatic carboxylic acids is 1. The van der Waals surface area contributed by atoms with Crippen LogP contribution in [0.5, 0.6) is 0 Å². The molecule has 1 aromatic carbocycles. The van der Waals surface area contributed by atoms with Crippen molar-refractivity contribution in [3.63, 3.8) is 0 Å². The monoisotopic (exact) mass is 252 g/mol. The number of benzene rings is 1. The lowest BCUT2D eigenvalue weighted by atomic mass is 10.0. The highest BCUT2D eigenvalue weighted by molar-refractivity contribution is 6.06. The highest BCUT2D eigenvalue weighted by atomic mass is 16.5. The lowest BCUT2D eigenvalue weighted by molar-refractivity contribution is -0.183. The molecule has 0 saturated heterocycles. The minimum absolute atomic E-state index is 0.0235. The largest absolute Gasteiger partial charge is 0.481 e. The molecular formula is C12H12O6. The first-order valence-electron chi connectivity index (χ1n) is 5.36. The molecule has 1 aliphatic rings. The zero-order chi connectivity index (χ0) is 13.5. The van der Waals surface area contributed by atoms with E-state index in [-0.39, 0.29) is 24.0 Å². The van der Waals surface area contributed by atoms with Crippen molar-refractivity contribution in [3.8, 4) is 0 Å². The van der Waals surface area contributed by atoms with Crippen molar-refractivity contribution in [2.75, 3.05) is 0 Å². The predicted octanol–water partition coefficient (Wildman–Crippen LogP) is -0.386. The van der Waals surface area contributed by atoms with Gasteiger partial charge in [0.2, 0.25) is 5.78 Å². The van der Waals surface area contributed by atoms with Crippen LogP contribution < -0.4 is 0 Å². The quantitative estimate of drug-likeness (QED) is 0.545. The Hall–Kier alpha value is -1.76. The van der Waals surface area contributed by atoms with Gasteiger partial charge in [-0.15, -0.1) is 0 Å². The lowest BCUT2D eigenvalue weighted by Crippen LogP contribution is -2.38. The number of ketones is 1. The first-order chi connectivity index (χ1) is 8.34. The van der Waals surface area contributed by atoms with Crippen LogP contribution in [-0.4, -0.2) is 38.0 Å². The van der Waals surface area contributed by atoms with Crippen LogP contribution >= 0.6 is 0 Å². The van der Waals surface area contributed by atoms with Gasteiger partial charge in [0, 0.05) is 12.0 Å². The molecule has 1 atom stereocenters. The SMILES string of the molecule is O=C(O)CCc1ccc2c(c1)C(=O)C(O)(O)C2O. The molecule has 0 spiro atoms. The van der Waals surface area contributed by atoms with Gasteiger partial charge in [-0.3, -0.25) is 9.59 Å². The molecule has 4 N–H and O–H groups in total. The molecule has 0 aliphatic heterocycles. The zero-order valence-corrected chi connectivity index (χ0v) is 9.33. The van der Waals surface area contributed by atoms with E-state index in [1.54, 1.807) is 6.07 Å². The first kappa shape index (κ1) is 12.7. The van der Waals surface area contributed by atoms with E-state index in [1.165, 1.54) is 12.1 Å². The molecule has 1 aliphatic carbocycles. The number of hydrogen-bond acceptors (Lipinski definition) is 5. The summed E-state index contributed by atoms with van der Waals surface area (Å²) in [4.78, 5) is 22.1. The van der Waals surface area contributed by atoms with Crippen LogP contribution in [0.25, 0.3) is 0 Å². The third-order valence-corrected chi connectivity index (χ3v) is 3.00. The van der Waals surface area contributed by atoms with Gasteiger partial charge in [-0.2, -0.15) is 0 Å². The maximum absolute atomic E-state index is 11.6. The molecule has 0 radical (unpaired) electrons. The Kier molecular flexibility index (Phi) is 2.94. The summed E-state index contributed by atoms with van der Waals surface area (Å²) < 4.78 is 0. The number of carbonyl (C=O) groups excluding carboxylic acids is 1. The van der Waals surface area contributed by atoms with E-state index in [0.29, 0.717) is 5.56 Å². The number of Topliss-reactive ketones (excluding diaryl/α,β-unsaturated/α-hetero) is 1. The van der Waals surface area contributed by atoms with Crippen molar-refractivity contribution >= 4 is 11.8 Å². The zero-order valence-electron chi connectivity index (χ0n) is 9.33. The van der Waals surface area contributed by atoms with Crippen LogP contribution in [0.2, 0.25) is 0 Å². The Morgan fingerprint density at radius 3 is 2.61 bits per heavy atom. The van der Waals surface area contributed by atoms with E-state index in [2.05, 4.69) is 0 Å². The van der Waals surface area contributed by atoms with Crippen LogP contribution in [0.1, 0.15) is 34.0 Å². The summed E-state index contributed by atoms with van der Waals surface area (Å²) in [6.07, 6.45) is -1.53. The second-order valence-corrected chi connectivity index (χ2v) is 4.27. The molecule has 0 bridgehead atoms. The molecule has 96 valence electrons. The maximum Gasteiger partial charge on any atom is 0.303 e. The van der Waals surface area contributed by atoms with Gasteiger partial charge >= 0.3 is 5.97 Å². The van der Waals surface area contributed by atoms with E-state index in [0.717, 1.165) is 0 Å². The average molecular weight is 252 g/mol. The standard InChI is InChI=1S/C12H12O6/c13-9(14)4-2-6-1-3-7-8(5-6)11(16)12(17,18)10(7)15/h1,3,5,10,15,17-18H,2,4H2,(H,13,14). The summed E-state index contributed by atoms with van der Waals surface area (Å²) in [5.74, 6) is -4.73. The summed E-state index contributed by atoms with van der Waals surface area (Å²) in [6.45, 7) is 0. The van der Waals surface area contributed by atoms with Crippen LogP contribution in [0.4, 0.5) is 0 Å². The number of aryl methyl sites for hydroxylation is 1. The van der Waals surface area contributed by atoms with E-state index in [4.69, 9.17) is 5.11 Å². The van der Waals surface area contributed by atoms with Crippen molar-refractivity contribution in [2.45, 2.75) is 24.7 Å². The Morgan fingerprint density at radius 1 is 1.33 bits per heavy atom. The molecule has 2 rings (SSSR count). The summed E-state index contributed by atoms with van der Waals surface area (Å²) in [5, 5.41) is 37.0. The van der Waals surface area contributed by atoms with E-state index in [1.807, 2.05) is 0 Å². The van der Waals surface area contributed by atoms with Crippen LogP contribution in [0.15, 0.2) is 18.2 Å². The van der Waals surface area contributed by atoms with Gasteiger partial charge in [-0.05, 0) is 23.6 Å². The van der Waals surface area contributed by atoms with Crippen LogP contribution in [0, 0.1) is 0 Å². The third kappa shape index (κ3) is 1.90. The van der Waals surface area contributed by atoms with Crippen LogP contribution in [0.3, 0.4) is 0 Å². The summed E-state index contributed by atoms with van der Waals surface area (Å²) in [6, 6.07) is 4.35. The molecule has 0 heterocycles. The fourth-order valence-corrected chi connectivity index (χ4v) is 1.98. The number of carboxylic acid groups (broad SMARTS) is 1. The van der Waals surface area contributed by atoms with Crippen molar-refractivity contribution in [1.82, 2.24) is 0 Å². The second kappa shape index (κ2) is 4.16. The molecule has 6 nitrogen and oxygen atoms in total. The fraction of sp³-hybridized carbons (Fsp3) is 0.333. The van der Waals surface area contributed by atoms with Crippen LogP contribution in [-0.2, 0) is 11.2 Å². The number of carbonyl (C=O) groups is 2. The normalized spacial score (nSPS) is 20.8. The molecule has 0 saturated carbocycles. The second-order valence-electron chi connectivity index (χ2n) is 4.27. The van der Waals surface area contributed by atoms with Crippen molar-refractivity contribution in [1.29, 1.82) is 0 Å². The van der Waals surface area contributed by atoms with Gasteiger partial charge in [-0.1, -0.05) is 12.1 Å². The molecule has 18 heavy (non-hydrogen) atoms. The highest BCUT2D eigenvalue weighted by Gasteiger charge is 2.50. The number of carboxylic acids is 1. The minimum atomic E-state index is -2.80. The van der Waals surface area contributed by atoms with Crippen molar-refractivity contribution in [3.05, 3.63) is 34.9 Å². The number of aliphatic hydroxyl groups excluding tert-OH is 1. The van der Waals surface area contributed by atoms with E-state index in [9.17, 15) is 24.9 Å². The van der Waals surface area contributed by atoms with Gasteiger partial charge in [0.1, 0.15) is 6.10 Å². The number of aliphatic hydroxyl groups is 3. The molecule has 6 heteroatoms. The Morgan fingerprint density at radius 2 is 2.00 bits per heavy atom. The summed E-state index contributed by atoms with van der Waals surface area (Å²) in [5.41, 5.74) is 0.758. The smallest absolute Gasteiger partial charge is 0.303 e. The molecule has 0 fully saturated rings. The Balaban J connectivity index is 2.33. The van der Waals surface area contributed by atoms with Gasteiger partial charge in [0.15, 0.2) is 0 Å². The molecule has 0 aromatic heterocycles. The van der Waals surface area contributed by atoms with Gasteiger partial charge in [0.25, 0.3) is 5.79 Å². The van der Waals surface area contributed by atoms with E-state index >= 15 is 0 Å². The van der Waals surface area contributed by atoms with E-state index < -0.39 is 23.6 Å². The lowest BCUT2D eigenvalue weighted by Gasteiger charge is -2.17. The van der Waals surface area contributed by atoms with Crippen molar-refractivity contribution < 1.29 is 30.0 Å². The minimum Gasteiger partial charge on any atom is -0.481 e.